The molecule has 27 heavy (non-hydrogen) atoms. The second kappa shape index (κ2) is 6.93. The number of benzene rings is 2. The van der Waals surface area contributed by atoms with Crippen molar-refractivity contribution in [1.82, 2.24) is 10.2 Å². The summed E-state index contributed by atoms with van der Waals surface area (Å²) in [6.45, 7) is 0. The topological polar surface area (TPSA) is 92.3 Å². The largest absolute Gasteiger partial charge is 0.296 e. The molecule has 0 fully saturated rings. The predicted molar refractivity (Wildman–Crippen MR) is 104 cm³/mol. The lowest BCUT2D eigenvalue weighted by Crippen LogP contribution is -2.29. The summed E-state index contributed by atoms with van der Waals surface area (Å²) in [4.78, 5) is 38.8. The van der Waals surface area contributed by atoms with Gasteiger partial charge in [0.2, 0.25) is 5.13 Å². The molecule has 0 saturated carbocycles. The molecule has 0 aliphatic carbocycles. The van der Waals surface area contributed by atoms with Gasteiger partial charge in [0.1, 0.15) is 0 Å². The maximum absolute atomic E-state index is 12.6. The van der Waals surface area contributed by atoms with Gasteiger partial charge < -0.3 is 0 Å². The van der Waals surface area contributed by atoms with Gasteiger partial charge in [-0.1, -0.05) is 41.3 Å². The molecule has 3 aromatic rings. The Balaban J connectivity index is 1.60. The number of rotatable bonds is 4. The highest BCUT2D eigenvalue weighted by Gasteiger charge is 2.36. The van der Waals surface area contributed by atoms with E-state index in [1.807, 2.05) is 6.26 Å². The van der Waals surface area contributed by atoms with E-state index in [4.69, 9.17) is 0 Å². The van der Waals surface area contributed by atoms with Gasteiger partial charge in [0.05, 0.1) is 16.8 Å². The van der Waals surface area contributed by atoms with E-state index in [0.717, 1.165) is 9.24 Å². The van der Waals surface area contributed by atoms with Crippen LogP contribution < -0.4 is 10.2 Å². The number of carbonyl (C=O) groups is 3. The van der Waals surface area contributed by atoms with Crippen molar-refractivity contribution in [3.63, 3.8) is 0 Å². The van der Waals surface area contributed by atoms with E-state index in [2.05, 4.69) is 15.5 Å². The van der Waals surface area contributed by atoms with Crippen LogP contribution in [0.2, 0.25) is 0 Å². The van der Waals surface area contributed by atoms with Crippen molar-refractivity contribution in [3.8, 4) is 0 Å². The molecule has 0 bridgehead atoms. The van der Waals surface area contributed by atoms with Crippen molar-refractivity contribution in [2.45, 2.75) is 4.34 Å². The van der Waals surface area contributed by atoms with Gasteiger partial charge in [-0.3, -0.25) is 19.7 Å². The first-order valence-electron chi connectivity index (χ1n) is 7.85. The first kappa shape index (κ1) is 17.4. The molecule has 3 amide bonds. The zero-order valence-electron chi connectivity index (χ0n) is 14.0. The van der Waals surface area contributed by atoms with Crippen LogP contribution in [-0.2, 0) is 0 Å². The lowest BCUT2D eigenvalue weighted by atomic mass is 10.1. The highest BCUT2D eigenvalue weighted by atomic mass is 32.2. The monoisotopic (exact) mass is 396 g/mol. The highest BCUT2D eigenvalue weighted by molar-refractivity contribution is 8.00. The summed E-state index contributed by atoms with van der Waals surface area (Å²) in [5.41, 5.74) is 1.37. The molecule has 1 aliphatic heterocycles. The van der Waals surface area contributed by atoms with Crippen LogP contribution in [0.1, 0.15) is 31.1 Å². The quantitative estimate of drug-likeness (QED) is 0.413. The summed E-state index contributed by atoms with van der Waals surface area (Å²) in [6.07, 6.45) is 1.87. The molecule has 0 spiro atoms. The fourth-order valence-corrected chi connectivity index (χ4v) is 3.89. The number of fused-ring (bicyclic) bond motifs is 1. The Morgan fingerprint density at radius 2 is 1.74 bits per heavy atom. The maximum Gasteiger partial charge on any atom is 0.266 e. The summed E-state index contributed by atoms with van der Waals surface area (Å²) in [7, 11) is 0. The summed E-state index contributed by atoms with van der Waals surface area (Å²) < 4.78 is 0.741. The molecule has 9 heteroatoms. The van der Waals surface area contributed by atoms with Crippen molar-refractivity contribution in [1.29, 1.82) is 0 Å². The summed E-state index contributed by atoms with van der Waals surface area (Å²) >= 11 is 2.71. The molecule has 0 atom stereocenters. The minimum atomic E-state index is -0.401. The zero-order chi connectivity index (χ0) is 19.0. The van der Waals surface area contributed by atoms with Crippen LogP contribution in [0, 0.1) is 0 Å². The van der Waals surface area contributed by atoms with Gasteiger partial charge >= 0.3 is 0 Å². The van der Waals surface area contributed by atoms with Crippen LogP contribution in [0.5, 0.6) is 0 Å². The van der Waals surface area contributed by atoms with Gasteiger partial charge in [0.15, 0.2) is 4.34 Å². The SMILES string of the molecule is CSc1nnc(NC(=O)c2cccc(N3C(=O)c4ccccc4C3=O)c2)s1. The number of amides is 3. The Labute approximate surface area is 162 Å². The normalized spacial score (nSPS) is 13.0. The molecule has 2 heterocycles. The number of imide groups is 1. The second-order valence-corrected chi connectivity index (χ2v) is 7.60. The minimum absolute atomic E-state index is 0.310. The second-order valence-electron chi connectivity index (χ2n) is 5.57. The maximum atomic E-state index is 12.6. The number of thioether (sulfide) groups is 1. The zero-order valence-corrected chi connectivity index (χ0v) is 15.6. The first-order valence-corrected chi connectivity index (χ1v) is 9.89. The Kier molecular flexibility index (Phi) is 4.46. The Morgan fingerprint density at radius 1 is 1.04 bits per heavy atom. The molecular formula is C18H12N4O3S2. The van der Waals surface area contributed by atoms with E-state index in [1.165, 1.54) is 29.2 Å². The molecule has 7 nitrogen and oxygen atoms in total. The summed E-state index contributed by atoms with van der Waals surface area (Å²) in [5.74, 6) is -1.19. The Morgan fingerprint density at radius 3 is 2.37 bits per heavy atom. The van der Waals surface area contributed by atoms with Crippen LogP contribution in [0.25, 0.3) is 0 Å². The Bertz CT molecular complexity index is 1040. The fraction of sp³-hybridized carbons (Fsp3) is 0.0556. The van der Waals surface area contributed by atoms with E-state index >= 15 is 0 Å². The first-order chi connectivity index (χ1) is 13.1. The van der Waals surface area contributed by atoms with Crippen LogP contribution in [0.15, 0.2) is 52.9 Å². The van der Waals surface area contributed by atoms with E-state index in [9.17, 15) is 14.4 Å². The molecular weight excluding hydrogens is 384 g/mol. The number of hydrogen-bond donors (Lipinski definition) is 1. The van der Waals surface area contributed by atoms with Crippen molar-refractivity contribution in [3.05, 3.63) is 65.2 Å². The van der Waals surface area contributed by atoms with Gasteiger partial charge in [-0.2, -0.15) is 0 Å². The molecule has 2 aromatic carbocycles. The van der Waals surface area contributed by atoms with Gasteiger partial charge in [0, 0.05) is 5.56 Å². The lowest BCUT2D eigenvalue weighted by Gasteiger charge is -2.14. The number of anilines is 2. The van der Waals surface area contributed by atoms with Crippen molar-refractivity contribution < 1.29 is 14.4 Å². The molecule has 0 radical (unpaired) electrons. The standard InChI is InChI=1S/C18H12N4O3S2/c1-26-18-21-20-17(27-18)19-14(23)10-5-4-6-11(9-10)22-15(24)12-7-2-3-8-13(12)16(22)25/h2-9H,1H3,(H,19,20,23). The summed E-state index contributed by atoms with van der Waals surface area (Å²) in [5, 5.41) is 10.9. The third kappa shape index (κ3) is 3.11. The molecule has 0 unspecified atom stereocenters. The Hall–Kier alpha value is -3.04. The van der Waals surface area contributed by atoms with Gasteiger partial charge in [-0.25, -0.2) is 4.90 Å². The molecule has 1 aliphatic rings. The van der Waals surface area contributed by atoms with Crippen LogP contribution in [-0.4, -0.2) is 34.2 Å². The number of carbonyl (C=O) groups excluding carboxylic acids is 3. The summed E-state index contributed by atoms with van der Waals surface area (Å²) in [6, 6.07) is 13.0. The predicted octanol–water partition coefficient (Wildman–Crippen LogP) is 3.31. The third-order valence-electron chi connectivity index (χ3n) is 3.96. The van der Waals surface area contributed by atoms with Gasteiger partial charge in [-0.15, -0.1) is 10.2 Å². The lowest BCUT2D eigenvalue weighted by molar-refractivity contribution is 0.0924. The van der Waals surface area contributed by atoms with Gasteiger partial charge in [0.25, 0.3) is 17.7 Å². The van der Waals surface area contributed by atoms with Crippen LogP contribution >= 0.6 is 23.1 Å². The number of nitrogens with zero attached hydrogens (tertiary/aromatic N) is 3. The van der Waals surface area contributed by atoms with Crippen molar-refractivity contribution in [2.75, 3.05) is 16.5 Å². The number of nitrogens with one attached hydrogen (secondary N) is 1. The number of aromatic nitrogens is 2. The van der Waals surface area contributed by atoms with Gasteiger partial charge in [-0.05, 0) is 36.6 Å². The highest BCUT2D eigenvalue weighted by Crippen LogP contribution is 2.29. The molecule has 1 N–H and O–H groups in total. The van der Waals surface area contributed by atoms with E-state index in [1.54, 1.807) is 42.5 Å². The molecule has 4 rings (SSSR count). The van der Waals surface area contributed by atoms with Crippen molar-refractivity contribution >= 4 is 51.6 Å². The van der Waals surface area contributed by atoms with Crippen molar-refractivity contribution in [2.24, 2.45) is 0 Å². The average molecular weight is 396 g/mol. The van der Waals surface area contributed by atoms with E-state index in [-0.39, 0.29) is 0 Å². The fourth-order valence-electron chi connectivity index (χ4n) is 2.72. The molecule has 134 valence electrons. The average Bonchev–Trinajstić information content (AvgIpc) is 3.25. The van der Waals surface area contributed by atoms with E-state index in [0.29, 0.717) is 27.5 Å². The minimum Gasteiger partial charge on any atom is -0.296 e. The molecule has 0 saturated heterocycles. The van der Waals surface area contributed by atoms with Crippen LogP contribution in [0.3, 0.4) is 0 Å². The van der Waals surface area contributed by atoms with E-state index < -0.39 is 17.7 Å². The number of hydrogen-bond acceptors (Lipinski definition) is 7. The van der Waals surface area contributed by atoms with Crippen LogP contribution in [0.4, 0.5) is 10.8 Å². The smallest absolute Gasteiger partial charge is 0.266 e. The third-order valence-corrected chi connectivity index (χ3v) is 5.78. The molecule has 1 aromatic heterocycles.